The summed E-state index contributed by atoms with van der Waals surface area (Å²) in [5.41, 5.74) is 2.97. The number of benzene rings is 2. The van der Waals surface area contributed by atoms with Crippen molar-refractivity contribution in [2.45, 2.75) is 63.3 Å². The van der Waals surface area contributed by atoms with Crippen molar-refractivity contribution >= 4 is 62.5 Å². The van der Waals surface area contributed by atoms with Crippen LogP contribution in [0.25, 0.3) is 10.2 Å². The highest BCUT2D eigenvalue weighted by molar-refractivity contribution is 7.18. The largest absolute Gasteiger partial charge is 0.495 e. The first-order valence-electron chi connectivity index (χ1n) is 18.7. The molecule has 4 heterocycles. The van der Waals surface area contributed by atoms with E-state index in [0.29, 0.717) is 46.8 Å². The van der Waals surface area contributed by atoms with Crippen molar-refractivity contribution in [3.63, 3.8) is 0 Å². The van der Waals surface area contributed by atoms with Crippen molar-refractivity contribution in [3.05, 3.63) is 70.5 Å². The quantitative estimate of drug-likeness (QED) is 0.110. The lowest BCUT2D eigenvalue weighted by molar-refractivity contribution is -0.136. The smallest absolute Gasteiger partial charge is 0.264 e. The minimum atomic E-state index is -0.985. The second kappa shape index (κ2) is 16.5. The summed E-state index contributed by atoms with van der Waals surface area (Å²) in [6.45, 7) is 2.61. The normalized spacial score (nSPS) is 19.8. The summed E-state index contributed by atoms with van der Waals surface area (Å²) >= 11 is 1.68. The highest BCUT2D eigenvalue weighted by atomic mass is 32.1. The zero-order valence-electron chi connectivity index (χ0n) is 31.2. The molecule has 4 aromatic rings. The summed E-state index contributed by atoms with van der Waals surface area (Å²) in [5.74, 6) is -0.263. The zero-order chi connectivity index (χ0) is 38.6. The van der Waals surface area contributed by atoms with Gasteiger partial charge in [0.25, 0.3) is 17.7 Å². The standard InChI is InChI=1S/C40H45N7O7S/c1-46(16-5-4-15-42-28-8-6-7-27-35(28)40(52)47(39(27)51)31-13-14-34(48)45-37(31)50)22-23-9-11-24(12-10-23)38-44-30-18-32(54-3)29(19-33(30)55-38)43-36(49)25-17-26(53-2)21-41-20-25/h6-8,17-21,23-24,31,42H,4-5,9-16,22H2,1-3H3,(H,43,49)(H,45,48,50)/t23-,24-,31?. The summed E-state index contributed by atoms with van der Waals surface area (Å²) in [6.07, 6.45) is 9.53. The Morgan fingerprint density at radius 1 is 0.982 bits per heavy atom. The summed E-state index contributed by atoms with van der Waals surface area (Å²) in [4.78, 5) is 76.0. The summed E-state index contributed by atoms with van der Waals surface area (Å²) < 4.78 is 11.8. The number of carbonyl (C=O) groups excluding carboxylic acids is 5. The third kappa shape index (κ3) is 8.17. The molecular formula is C40H45N7O7S. The molecule has 3 aliphatic rings. The Morgan fingerprint density at radius 2 is 1.80 bits per heavy atom. The van der Waals surface area contributed by atoms with Crippen LogP contribution in [-0.4, -0.2) is 96.2 Å². The fourth-order valence-electron chi connectivity index (χ4n) is 7.78. The first-order valence-corrected chi connectivity index (χ1v) is 19.5. The van der Waals surface area contributed by atoms with E-state index >= 15 is 0 Å². The van der Waals surface area contributed by atoms with Gasteiger partial charge in [-0.3, -0.25) is 39.2 Å². The van der Waals surface area contributed by atoms with Crippen LogP contribution in [0.3, 0.4) is 0 Å². The molecule has 2 aliphatic heterocycles. The summed E-state index contributed by atoms with van der Waals surface area (Å²) in [5, 5.41) is 9.66. The molecule has 1 unspecified atom stereocenters. The topological polar surface area (TPSA) is 172 Å². The van der Waals surface area contributed by atoms with E-state index < -0.39 is 29.7 Å². The summed E-state index contributed by atoms with van der Waals surface area (Å²) in [6, 6.07) is 9.59. The monoisotopic (exact) mass is 767 g/mol. The maximum atomic E-state index is 13.4. The van der Waals surface area contributed by atoms with Crippen molar-refractivity contribution < 1.29 is 33.4 Å². The number of fused-ring (bicyclic) bond motifs is 2. The van der Waals surface area contributed by atoms with Gasteiger partial charge in [-0.05, 0) is 88.7 Å². The number of pyridine rings is 1. The maximum Gasteiger partial charge on any atom is 0.264 e. The van der Waals surface area contributed by atoms with E-state index in [1.165, 1.54) is 13.3 Å². The van der Waals surface area contributed by atoms with E-state index in [-0.39, 0.29) is 29.9 Å². The maximum absolute atomic E-state index is 13.4. The van der Waals surface area contributed by atoms with Crippen LogP contribution < -0.4 is 25.4 Å². The van der Waals surface area contributed by atoms with Crippen LogP contribution in [0, 0.1) is 5.92 Å². The molecule has 5 amide bonds. The SMILES string of the molecule is COc1cncc(C(=O)Nc2cc3sc([C@H]4CC[C@H](CN(C)CCCCNc5cccc6c5C(=O)N(C5CCC(=O)NC5=O)C6=O)CC4)nc3cc2OC)c1. The Balaban J connectivity index is 0.860. The average molecular weight is 768 g/mol. The Morgan fingerprint density at radius 3 is 2.56 bits per heavy atom. The minimum absolute atomic E-state index is 0.0855. The Kier molecular flexibility index (Phi) is 11.4. The number of rotatable bonds is 14. The molecule has 0 bridgehead atoms. The Bertz CT molecular complexity index is 2130. The minimum Gasteiger partial charge on any atom is -0.495 e. The van der Waals surface area contributed by atoms with E-state index in [2.05, 4.69) is 32.9 Å². The number of aromatic nitrogens is 2. The molecule has 2 aromatic carbocycles. The van der Waals surface area contributed by atoms with Crippen LogP contribution >= 0.6 is 11.3 Å². The summed E-state index contributed by atoms with van der Waals surface area (Å²) in [7, 11) is 5.28. The number of ether oxygens (including phenoxy) is 2. The molecule has 0 spiro atoms. The third-order valence-corrected chi connectivity index (χ3v) is 11.9. The van der Waals surface area contributed by atoms with E-state index in [9.17, 15) is 24.0 Å². The molecule has 3 N–H and O–H groups in total. The van der Waals surface area contributed by atoms with Crippen LogP contribution in [-0.2, 0) is 9.59 Å². The van der Waals surface area contributed by atoms with Gasteiger partial charge >= 0.3 is 0 Å². The molecule has 14 nitrogen and oxygen atoms in total. The van der Waals surface area contributed by atoms with Gasteiger partial charge in [-0.2, -0.15) is 0 Å². The second-order valence-electron chi connectivity index (χ2n) is 14.4. The third-order valence-electron chi connectivity index (χ3n) is 10.7. The first-order chi connectivity index (χ1) is 26.6. The van der Waals surface area contributed by atoms with Crippen LogP contribution in [0.5, 0.6) is 11.5 Å². The highest BCUT2D eigenvalue weighted by Gasteiger charge is 2.45. The lowest BCUT2D eigenvalue weighted by Crippen LogP contribution is -2.54. The van der Waals surface area contributed by atoms with Crippen molar-refractivity contribution in [2.75, 3.05) is 51.5 Å². The number of hydrogen-bond acceptors (Lipinski definition) is 12. The molecule has 55 heavy (non-hydrogen) atoms. The number of thiazole rings is 1. The number of nitrogens with one attached hydrogen (secondary N) is 3. The molecule has 0 radical (unpaired) electrons. The molecule has 2 fully saturated rings. The van der Waals surface area contributed by atoms with Crippen LogP contribution in [0.1, 0.15) is 93.4 Å². The van der Waals surface area contributed by atoms with E-state index in [1.54, 1.807) is 48.9 Å². The number of nitrogens with zero attached hydrogens (tertiary/aromatic N) is 4. The first kappa shape index (κ1) is 37.9. The van der Waals surface area contributed by atoms with Crippen LogP contribution in [0.4, 0.5) is 11.4 Å². The van der Waals surface area contributed by atoms with Crippen LogP contribution in [0.15, 0.2) is 48.8 Å². The van der Waals surface area contributed by atoms with Gasteiger partial charge in [0.15, 0.2) is 0 Å². The van der Waals surface area contributed by atoms with Crippen molar-refractivity contribution in [3.8, 4) is 11.5 Å². The Hall–Kier alpha value is -5.41. The molecule has 1 aliphatic carbocycles. The van der Waals surface area contributed by atoms with Gasteiger partial charge in [0.1, 0.15) is 17.5 Å². The van der Waals surface area contributed by atoms with Crippen molar-refractivity contribution in [1.82, 2.24) is 25.1 Å². The highest BCUT2D eigenvalue weighted by Crippen LogP contribution is 2.41. The molecule has 7 rings (SSSR count). The van der Waals surface area contributed by atoms with Gasteiger partial charge in [0.05, 0.1) is 58.0 Å². The lowest BCUT2D eigenvalue weighted by atomic mass is 9.82. The number of piperidine rings is 1. The lowest BCUT2D eigenvalue weighted by Gasteiger charge is -2.30. The number of imide groups is 2. The van der Waals surface area contributed by atoms with Gasteiger partial charge in [-0.25, -0.2) is 4.98 Å². The molecule has 2 aromatic heterocycles. The number of methoxy groups -OCH3 is 2. The van der Waals surface area contributed by atoms with Gasteiger partial charge in [0, 0.05) is 43.4 Å². The van der Waals surface area contributed by atoms with E-state index in [1.807, 2.05) is 12.1 Å². The number of unbranched alkanes of at least 4 members (excludes halogenated alkanes) is 1. The fraction of sp³-hybridized carbons (Fsp3) is 0.425. The van der Waals surface area contributed by atoms with Crippen molar-refractivity contribution in [1.29, 1.82) is 0 Å². The zero-order valence-corrected chi connectivity index (χ0v) is 32.0. The molecular weight excluding hydrogens is 723 g/mol. The molecule has 15 heteroatoms. The van der Waals surface area contributed by atoms with E-state index in [4.69, 9.17) is 14.5 Å². The molecule has 1 saturated carbocycles. The van der Waals surface area contributed by atoms with Gasteiger partial charge in [-0.15, -0.1) is 11.3 Å². The second-order valence-corrected chi connectivity index (χ2v) is 15.5. The fourth-order valence-corrected chi connectivity index (χ4v) is 8.94. The van der Waals surface area contributed by atoms with Crippen LogP contribution in [0.2, 0.25) is 0 Å². The predicted molar refractivity (Wildman–Crippen MR) is 208 cm³/mol. The van der Waals surface area contributed by atoms with Crippen molar-refractivity contribution in [2.24, 2.45) is 5.92 Å². The molecule has 1 atom stereocenters. The predicted octanol–water partition coefficient (Wildman–Crippen LogP) is 5.46. The van der Waals surface area contributed by atoms with E-state index in [0.717, 1.165) is 71.7 Å². The average Bonchev–Trinajstić information content (AvgIpc) is 3.72. The molecule has 1 saturated heterocycles. The van der Waals surface area contributed by atoms with Gasteiger partial charge in [0.2, 0.25) is 11.8 Å². The van der Waals surface area contributed by atoms with Gasteiger partial charge < -0.3 is 25.0 Å². The number of anilines is 2. The van der Waals surface area contributed by atoms with Gasteiger partial charge in [-0.1, -0.05) is 6.07 Å². The molecule has 288 valence electrons. The number of hydrogen-bond donors (Lipinski definition) is 3. The number of carbonyl (C=O) groups is 5. The Labute approximate surface area is 323 Å². The number of amides is 5.